The van der Waals surface area contributed by atoms with E-state index in [-0.39, 0.29) is 17.2 Å². The molecule has 21 heavy (non-hydrogen) atoms. The van der Waals surface area contributed by atoms with E-state index in [4.69, 9.17) is 13.7 Å². The quantitative estimate of drug-likeness (QED) is 0.860. The molecule has 0 spiro atoms. The summed E-state index contributed by atoms with van der Waals surface area (Å²) in [6.45, 7) is 3.43. The molecule has 1 saturated heterocycles. The van der Waals surface area contributed by atoms with Gasteiger partial charge in [0.05, 0.1) is 25.4 Å². The number of methoxy groups -OCH3 is 1. The Labute approximate surface area is 122 Å². The fourth-order valence-electron chi connectivity index (χ4n) is 2.75. The Morgan fingerprint density at radius 1 is 1.48 bits per heavy atom. The van der Waals surface area contributed by atoms with Gasteiger partial charge in [-0.2, -0.15) is 0 Å². The molecule has 1 fully saturated rings. The summed E-state index contributed by atoms with van der Waals surface area (Å²) in [7, 11) is 1.45. The van der Waals surface area contributed by atoms with Crippen molar-refractivity contribution in [1.82, 2.24) is 10.1 Å². The van der Waals surface area contributed by atoms with E-state index in [1.54, 1.807) is 0 Å². The molecule has 2 aromatic heterocycles. The van der Waals surface area contributed by atoms with Gasteiger partial charge in [-0.25, -0.2) is 0 Å². The Morgan fingerprint density at radius 2 is 2.33 bits per heavy atom. The number of nitrogens with zero attached hydrogens (tertiary/aromatic N) is 2. The van der Waals surface area contributed by atoms with Crippen molar-refractivity contribution in [3.05, 3.63) is 45.8 Å². The third-order valence-corrected chi connectivity index (χ3v) is 3.77. The predicted molar refractivity (Wildman–Crippen MR) is 75.2 cm³/mol. The van der Waals surface area contributed by atoms with Gasteiger partial charge in [0.15, 0.2) is 5.76 Å². The smallest absolute Gasteiger partial charge is 0.227 e. The van der Waals surface area contributed by atoms with Gasteiger partial charge in [0.25, 0.3) is 0 Å². The zero-order valence-corrected chi connectivity index (χ0v) is 12.2. The highest BCUT2D eigenvalue weighted by atomic mass is 16.5. The number of rotatable bonds is 4. The van der Waals surface area contributed by atoms with Crippen LogP contribution in [0, 0.1) is 6.92 Å². The maximum Gasteiger partial charge on any atom is 0.227 e. The van der Waals surface area contributed by atoms with E-state index < -0.39 is 0 Å². The summed E-state index contributed by atoms with van der Waals surface area (Å²) in [4.78, 5) is 14.0. The first kappa shape index (κ1) is 13.9. The Morgan fingerprint density at radius 3 is 3.00 bits per heavy atom. The summed E-state index contributed by atoms with van der Waals surface area (Å²) in [5.74, 6) is 1.73. The van der Waals surface area contributed by atoms with Gasteiger partial charge in [0.2, 0.25) is 11.2 Å². The standard InChI is InChI=1S/C15H18N2O4/c1-10-6-14(21-16-10)12-4-3-5-17(12)8-11-7-13(18)15(19-2)9-20-11/h6-7,9,12H,3-5,8H2,1-2H3. The molecule has 6 nitrogen and oxygen atoms in total. The first-order valence-corrected chi connectivity index (χ1v) is 7.00. The van der Waals surface area contributed by atoms with Crippen LogP contribution in [0.15, 0.2) is 32.1 Å². The minimum Gasteiger partial charge on any atom is -0.490 e. The Balaban J connectivity index is 1.77. The second-order valence-corrected chi connectivity index (χ2v) is 5.28. The van der Waals surface area contributed by atoms with Crippen LogP contribution in [0.2, 0.25) is 0 Å². The zero-order valence-electron chi connectivity index (χ0n) is 12.2. The van der Waals surface area contributed by atoms with Gasteiger partial charge < -0.3 is 13.7 Å². The van der Waals surface area contributed by atoms with Gasteiger partial charge in [0, 0.05) is 12.1 Å². The zero-order chi connectivity index (χ0) is 14.8. The summed E-state index contributed by atoms with van der Waals surface area (Å²) < 4.78 is 15.8. The molecule has 0 saturated carbocycles. The van der Waals surface area contributed by atoms with E-state index in [0.717, 1.165) is 30.8 Å². The third kappa shape index (κ3) is 2.85. The molecule has 1 aliphatic rings. The van der Waals surface area contributed by atoms with Crippen LogP contribution in [0.25, 0.3) is 0 Å². The van der Waals surface area contributed by atoms with Crippen molar-refractivity contribution in [3.8, 4) is 5.75 Å². The van der Waals surface area contributed by atoms with Crippen molar-refractivity contribution in [2.75, 3.05) is 13.7 Å². The number of hydrogen-bond donors (Lipinski definition) is 0. The second-order valence-electron chi connectivity index (χ2n) is 5.28. The van der Waals surface area contributed by atoms with Gasteiger partial charge in [-0.3, -0.25) is 9.69 Å². The molecule has 112 valence electrons. The highest BCUT2D eigenvalue weighted by Crippen LogP contribution is 2.33. The van der Waals surface area contributed by atoms with Crippen molar-refractivity contribution < 1.29 is 13.7 Å². The van der Waals surface area contributed by atoms with E-state index in [2.05, 4.69) is 10.1 Å². The molecule has 2 aromatic rings. The summed E-state index contributed by atoms with van der Waals surface area (Å²) in [6.07, 6.45) is 3.47. The van der Waals surface area contributed by atoms with Crippen LogP contribution in [0.4, 0.5) is 0 Å². The van der Waals surface area contributed by atoms with Crippen molar-refractivity contribution in [3.63, 3.8) is 0 Å². The predicted octanol–water partition coefficient (Wildman–Crippen LogP) is 2.28. The van der Waals surface area contributed by atoms with Gasteiger partial charge >= 0.3 is 0 Å². The molecule has 6 heteroatoms. The van der Waals surface area contributed by atoms with Gasteiger partial charge in [-0.05, 0) is 26.3 Å². The molecule has 3 rings (SSSR count). The van der Waals surface area contributed by atoms with Crippen LogP contribution in [-0.4, -0.2) is 23.7 Å². The van der Waals surface area contributed by atoms with E-state index >= 15 is 0 Å². The summed E-state index contributed by atoms with van der Waals surface area (Å²) in [5, 5.41) is 3.95. The molecule has 0 aliphatic carbocycles. The molecule has 1 atom stereocenters. The highest BCUT2D eigenvalue weighted by molar-refractivity contribution is 5.18. The van der Waals surface area contributed by atoms with Crippen LogP contribution in [0.1, 0.15) is 36.1 Å². The SMILES string of the molecule is COc1coc(CN2CCCC2c2cc(C)no2)cc1=O. The highest BCUT2D eigenvalue weighted by Gasteiger charge is 2.29. The van der Waals surface area contributed by atoms with Crippen molar-refractivity contribution >= 4 is 0 Å². The molecule has 1 aliphatic heterocycles. The minimum absolute atomic E-state index is 0.162. The molecule has 3 heterocycles. The molecular weight excluding hydrogens is 272 g/mol. The average Bonchev–Trinajstić information content (AvgIpc) is 3.08. The van der Waals surface area contributed by atoms with Crippen molar-refractivity contribution in [2.45, 2.75) is 32.4 Å². The van der Waals surface area contributed by atoms with E-state index in [1.165, 1.54) is 19.4 Å². The largest absolute Gasteiger partial charge is 0.490 e. The monoisotopic (exact) mass is 290 g/mol. The lowest BCUT2D eigenvalue weighted by molar-refractivity contribution is 0.191. The van der Waals surface area contributed by atoms with E-state index in [0.29, 0.717) is 12.3 Å². The van der Waals surface area contributed by atoms with Crippen LogP contribution in [0.5, 0.6) is 5.75 Å². The Hall–Kier alpha value is -2.08. The van der Waals surface area contributed by atoms with Crippen molar-refractivity contribution in [2.24, 2.45) is 0 Å². The van der Waals surface area contributed by atoms with E-state index in [9.17, 15) is 4.79 Å². The maximum absolute atomic E-state index is 11.8. The van der Waals surface area contributed by atoms with Gasteiger partial charge in [-0.15, -0.1) is 0 Å². The van der Waals surface area contributed by atoms with Crippen LogP contribution in [0.3, 0.4) is 0 Å². The third-order valence-electron chi connectivity index (χ3n) is 3.77. The molecule has 0 N–H and O–H groups in total. The fraction of sp³-hybridized carbons (Fsp3) is 0.467. The fourth-order valence-corrected chi connectivity index (χ4v) is 2.75. The topological polar surface area (TPSA) is 68.7 Å². The first-order valence-electron chi connectivity index (χ1n) is 7.00. The van der Waals surface area contributed by atoms with Crippen LogP contribution < -0.4 is 10.2 Å². The molecule has 0 radical (unpaired) electrons. The first-order chi connectivity index (χ1) is 10.2. The van der Waals surface area contributed by atoms with Crippen LogP contribution in [-0.2, 0) is 6.54 Å². The number of hydrogen-bond acceptors (Lipinski definition) is 6. The number of ether oxygens (including phenoxy) is 1. The molecule has 0 aromatic carbocycles. The van der Waals surface area contributed by atoms with Gasteiger partial charge in [-0.1, -0.05) is 5.16 Å². The minimum atomic E-state index is -0.162. The summed E-state index contributed by atoms with van der Waals surface area (Å²) >= 11 is 0. The Kier molecular flexibility index (Phi) is 3.79. The van der Waals surface area contributed by atoms with Gasteiger partial charge in [0.1, 0.15) is 12.0 Å². The normalized spacial score (nSPS) is 19.0. The Bertz CT molecular complexity index is 676. The number of likely N-dealkylation sites (tertiary alicyclic amines) is 1. The number of aromatic nitrogens is 1. The lowest BCUT2D eigenvalue weighted by atomic mass is 10.1. The summed E-state index contributed by atoms with van der Waals surface area (Å²) in [5.41, 5.74) is 0.720. The van der Waals surface area contributed by atoms with E-state index in [1.807, 2.05) is 13.0 Å². The number of aryl methyl sites for hydroxylation is 1. The average molecular weight is 290 g/mol. The lowest BCUT2D eigenvalue weighted by Gasteiger charge is -2.21. The maximum atomic E-state index is 11.8. The second kappa shape index (κ2) is 5.73. The molecule has 1 unspecified atom stereocenters. The summed E-state index contributed by atoms with van der Waals surface area (Å²) in [6, 6.07) is 3.64. The van der Waals surface area contributed by atoms with Crippen molar-refractivity contribution in [1.29, 1.82) is 0 Å². The molecule has 0 amide bonds. The van der Waals surface area contributed by atoms with Crippen LogP contribution >= 0.6 is 0 Å². The lowest BCUT2D eigenvalue weighted by Crippen LogP contribution is -2.23. The molecule has 0 bridgehead atoms. The molecular formula is C15H18N2O4.